The number of halogens is 3. The third-order valence-corrected chi connectivity index (χ3v) is 2.26. The first kappa shape index (κ1) is 12.1. The lowest BCUT2D eigenvalue weighted by Gasteiger charge is -2.13. The zero-order valence-electron chi connectivity index (χ0n) is 8.43. The highest BCUT2D eigenvalue weighted by atomic mass is 19.4. The van der Waals surface area contributed by atoms with E-state index in [1.54, 1.807) is 0 Å². The Morgan fingerprint density at radius 3 is 2.40 bits per heavy atom. The van der Waals surface area contributed by atoms with Gasteiger partial charge in [0, 0.05) is 6.61 Å². The van der Waals surface area contributed by atoms with E-state index in [1.165, 1.54) is 12.1 Å². The molecule has 0 aromatic heterocycles. The number of alkyl halides is 3. The Hall–Kier alpha value is -0.965. The van der Waals surface area contributed by atoms with Gasteiger partial charge >= 0.3 is 6.18 Å². The predicted molar refractivity (Wildman–Crippen MR) is 54.5 cm³/mol. The zero-order chi connectivity index (χ0) is 11.5. The van der Waals surface area contributed by atoms with Gasteiger partial charge in [0.2, 0.25) is 0 Å². The lowest BCUT2D eigenvalue weighted by atomic mass is 9.92. The van der Waals surface area contributed by atoms with Gasteiger partial charge in [0.1, 0.15) is 7.85 Å². The zero-order valence-corrected chi connectivity index (χ0v) is 8.43. The molecule has 15 heavy (non-hydrogen) atoms. The molecule has 82 valence electrons. The van der Waals surface area contributed by atoms with Crippen LogP contribution < -0.4 is 0 Å². The van der Waals surface area contributed by atoms with E-state index in [4.69, 9.17) is 5.11 Å². The fraction of sp³-hybridized carbons (Fsp3) is 0.400. The summed E-state index contributed by atoms with van der Waals surface area (Å²) < 4.78 is 37.6. The molecule has 0 aliphatic carbocycles. The fourth-order valence-corrected chi connectivity index (χ4v) is 1.47. The van der Waals surface area contributed by atoms with E-state index in [-0.39, 0.29) is 18.6 Å². The first-order valence-electron chi connectivity index (χ1n) is 4.79. The van der Waals surface area contributed by atoms with Crippen molar-refractivity contribution >= 4 is 7.85 Å². The molecule has 1 rings (SSSR count). The number of rotatable bonds is 3. The normalized spacial score (nSPS) is 11.7. The Bertz CT molecular complexity index is 336. The van der Waals surface area contributed by atoms with E-state index in [2.05, 4.69) is 0 Å². The summed E-state index contributed by atoms with van der Waals surface area (Å²) in [6.45, 7) is -0.268. The Morgan fingerprint density at radius 1 is 1.27 bits per heavy atom. The molecule has 1 aromatic carbocycles. The Labute approximate surface area is 87.3 Å². The van der Waals surface area contributed by atoms with Crippen molar-refractivity contribution in [2.45, 2.75) is 18.9 Å². The van der Waals surface area contributed by atoms with Gasteiger partial charge in [-0.25, -0.2) is 0 Å². The topological polar surface area (TPSA) is 20.2 Å². The maximum absolute atomic E-state index is 12.5. The van der Waals surface area contributed by atoms with Crippen LogP contribution in [0.15, 0.2) is 18.2 Å². The quantitative estimate of drug-likeness (QED) is 0.756. The van der Waals surface area contributed by atoms with Gasteiger partial charge in [-0.05, 0) is 18.1 Å². The second kappa shape index (κ2) is 4.70. The molecule has 1 nitrogen and oxygen atoms in total. The van der Waals surface area contributed by atoms with E-state index in [1.807, 2.05) is 7.85 Å². The van der Waals surface area contributed by atoms with Crippen LogP contribution in [0.25, 0.3) is 0 Å². The SMILES string of the molecule is BCc1ccc(C(F)(F)F)c(CCO)c1. The molecule has 0 aliphatic heterocycles. The van der Waals surface area contributed by atoms with Crippen LogP contribution in [0.3, 0.4) is 0 Å². The van der Waals surface area contributed by atoms with Crippen molar-refractivity contribution in [3.8, 4) is 0 Å². The molecular formula is C10H12BF3O. The van der Waals surface area contributed by atoms with Crippen molar-refractivity contribution in [2.75, 3.05) is 6.61 Å². The number of hydrogen-bond donors (Lipinski definition) is 1. The number of aliphatic hydroxyl groups excluding tert-OH is 1. The van der Waals surface area contributed by atoms with E-state index in [9.17, 15) is 13.2 Å². The monoisotopic (exact) mass is 216 g/mol. The molecule has 0 bridgehead atoms. The van der Waals surface area contributed by atoms with Gasteiger partial charge in [-0.3, -0.25) is 0 Å². The molecule has 0 atom stereocenters. The number of benzene rings is 1. The van der Waals surface area contributed by atoms with Gasteiger partial charge in [-0.1, -0.05) is 24.0 Å². The maximum Gasteiger partial charge on any atom is 0.416 e. The van der Waals surface area contributed by atoms with Crippen LogP contribution in [0.4, 0.5) is 13.2 Å². The smallest absolute Gasteiger partial charge is 0.396 e. The Balaban J connectivity index is 3.15. The van der Waals surface area contributed by atoms with Crippen molar-refractivity contribution in [3.63, 3.8) is 0 Å². The van der Waals surface area contributed by atoms with Gasteiger partial charge in [-0.15, -0.1) is 0 Å². The summed E-state index contributed by atoms with van der Waals surface area (Å²) in [4.78, 5) is 0. The summed E-state index contributed by atoms with van der Waals surface area (Å²) in [5.41, 5.74) is 0.379. The van der Waals surface area contributed by atoms with Crippen LogP contribution in [0.5, 0.6) is 0 Å². The van der Waals surface area contributed by atoms with Crippen LogP contribution in [-0.4, -0.2) is 19.6 Å². The Kier molecular flexibility index (Phi) is 3.80. The standard InChI is InChI=1S/C10H12BF3O/c11-6-7-1-2-9(10(12,13)14)8(5-7)3-4-15/h1-2,5,15H,3-4,6,11H2. The lowest BCUT2D eigenvalue weighted by Crippen LogP contribution is -2.10. The molecule has 0 aliphatic rings. The summed E-state index contributed by atoms with van der Waals surface area (Å²) in [5, 5.41) is 8.71. The van der Waals surface area contributed by atoms with Crippen LogP contribution in [0, 0.1) is 0 Å². The van der Waals surface area contributed by atoms with Gasteiger partial charge in [0.05, 0.1) is 5.56 Å². The molecule has 5 heteroatoms. The molecule has 0 saturated carbocycles. The molecule has 1 N–H and O–H groups in total. The van der Waals surface area contributed by atoms with Crippen molar-refractivity contribution in [3.05, 3.63) is 34.9 Å². The van der Waals surface area contributed by atoms with Crippen LogP contribution in [0.2, 0.25) is 0 Å². The molecule has 0 heterocycles. The minimum Gasteiger partial charge on any atom is -0.396 e. The van der Waals surface area contributed by atoms with Crippen molar-refractivity contribution in [1.29, 1.82) is 0 Å². The summed E-state index contributed by atoms with van der Waals surface area (Å²) in [7, 11) is 1.88. The average Bonchev–Trinajstić information content (AvgIpc) is 2.16. The number of aliphatic hydroxyl groups is 1. The molecule has 1 aromatic rings. The molecule has 0 fully saturated rings. The van der Waals surface area contributed by atoms with Crippen molar-refractivity contribution in [1.82, 2.24) is 0 Å². The molecule has 0 unspecified atom stereocenters. The largest absolute Gasteiger partial charge is 0.416 e. The van der Waals surface area contributed by atoms with E-state index < -0.39 is 11.7 Å². The lowest BCUT2D eigenvalue weighted by molar-refractivity contribution is -0.138. The molecule has 0 spiro atoms. The maximum atomic E-state index is 12.5. The minimum absolute atomic E-state index is 0.0443. The third-order valence-electron chi connectivity index (χ3n) is 2.26. The van der Waals surface area contributed by atoms with Gasteiger partial charge in [0.25, 0.3) is 0 Å². The summed E-state index contributed by atoms with van der Waals surface area (Å²) in [5.74, 6) is 0. The van der Waals surface area contributed by atoms with E-state index in [0.29, 0.717) is 6.32 Å². The highest BCUT2D eigenvalue weighted by Gasteiger charge is 2.32. The van der Waals surface area contributed by atoms with E-state index >= 15 is 0 Å². The summed E-state index contributed by atoms with van der Waals surface area (Å²) >= 11 is 0. The first-order chi connectivity index (χ1) is 6.99. The molecule has 0 amide bonds. The van der Waals surface area contributed by atoms with Crippen molar-refractivity contribution < 1.29 is 18.3 Å². The first-order valence-corrected chi connectivity index (χ1v) is 4.79. The predicted octanol–water partition coefficient (Wildman–Crippen LogP) is 1.37. The molecule has 0 saturated heterocycles. The Morgan fingerprint density at radius 2 is 1.93 bits per heavy atom. The van der Waals surface area contributed by atoms with Gasteiger partial charge in [-0.2, -0.15) is 13.2 Å². The van der Waals surface area contributed by atoms with Gasteiger partial charge < -0.3 is 5.11 Å². The second-order valence-corrected chi connectivity index (χ2v) is 3.32. The third kappa shape index (κ3) is 2.99. The average molecular weight is 216 g/mol. The minimum atomic E-state index is -4.34. The highest BCUT2D eigenvalue weighted by Crippen LogP contribution is 2.32. The summed E-state index contributed by atoms with van der Waals surface area (Å²) in [6, 6.07) is 4.08. The molecule has 0 radical (unpaired) electrons. The van der Waals surface area contributed by atoms with Crippen LogP contribution in [-0.2, 0) is 18.9 Å². The van der Waals surface area contributed by atoms with Crippen LogP contribution in [0.1, 0.15) is 16.7 Å². The second-order valence-electron chi connectivity index (χ2n) is 3.32. The van der Waals surface area contributed by atoms with Crippen LogP contribution >= 0.6 is 0 Å². The van der Waals surface area contributed by atoms with E-state index in [0.717, 1.165) is 11.6 Å². The summed E-state index contributed by atoms with van der Waals surface area (Å²) in [6.07, 6.45) is -3.60. The number of hydrogen-bond acceptors (Lipinski definition) is 1. The molecular weight excluding hydrogens is 204 g/mol. The highest BCUT2D eigenvalue weighted by molar-refractivity contribution is 6.08. The van der Waals surface area contributed by atoms with Gasteiger partial charge in [0.15, 0.2) is 0 Å². The van der Waals surface area contributed by atoms with Crippen molar-refractivity contribution in [2.24, 2.45) is 0 Å². The fourth-order valence-electron chi connectivity index (χ4n) is 1.47.